The lowest BCUT2D eigenvalue weighted by Gasteiger charge is -2.06. The Labute approximate surface area is 149 Å². The molecule has 24 heavy (non-hydrogen) atoms. The van der Waals surface area contributed by atoms with Crippen molar-refractivity contribution in [3.63, 3.8) is 0 Å². The third kappa shape index (κ3) is 7.78. The molecule has 0 radical (unpaired) electrons. The lowest BCUT2D eigenvalue weighted by molar-refractivity contribution is -0.137. The second-order valence-corrected chi connectivity index (χ2v) is 6.40. The van der Waals surface area contributed by atoms with Crippen LogP contribution in [0.3, 0.4) is 0 Å². The predicted molar refractivity (Wildman–Crippen MR) is 99.0 cm³/mol. The van der Waals surface area contributed by atoms with E-state index in [1.54, 1.807) is 0 Å². The molecule has 1 atom stereocenters. The number of carboxylic acids is 1. The summed E-state index contributed by atoms with van der Waals surface area (Å²) >= 11 is 5.99. The summed E-state index contributed by atoms with van der Waals surface area (Å²) in [5, 5.41) is 8.88. The largest absolute Gasteiger partial charge is 0.481 e. The number of carbonyl (C=O) groups is 2. The van der Waals surface area contributed by atoms with Crippen LogP contribution >= 0.6 is 11.6 Å². The lowest BCUT2D eigenvalue weighted by Crippen LogP contribution is -2.02. The van der Waals surface area contributed by atoms with Crippen molar-refractivity contribution in [3.05, 3.63) is 47.1 Å². The summed E-state index contributed by atoms with van der Waals surface area (Å²) in [5.74, 6) is -0.846. The molecule has 1 aliphatic carbocycles. The Balaban J connectivity index is 2.50. The van der Waals surface area contributed by atoms with Gasteiger partial charge in [0.2, 0.25) is 5.78 Å². The van der Waals surface area contributed by atoms with E-state index in [2.05, 4.69) is 19.1 Å². The van der Waals surface area contributed by atoms with Crippen LogP contribution in [0.5, 0.6) is 0 Å². The molecule has 0 aromatic rings. The Kier molecular flexibility index (Phi) is 10.1. The van der Waals surface area contributed by atoms with E-state index >= 15 is 0 Å². The average molecular weight is 351 g/mol. The van der Waals surface area contributed by atoms with Gasteiger partial charge in [-0.15, -0.1) is 0 Å². The van der Waals surface area contributed by atoms with Crippen molar-refractivity contribution in [3.8, 4) is 0 Å². The number of Topliss-reactive ketones (excluding diaryl/α,β-unsaturated/α-hetero) is 1. The number of allylic oxidation sites excluding steroid dienone is 8. The van der Waals surface area contributed by atoms with E-state index in [1.807, 2.05) is 24.3 Å². The van der Waals surface area contributed by atoms with Crippen molar-refractivity contribution in [2.24, 2.45) is 5.92 Å². The Morgan fingerprint density at radius 3 is 2.67 bits per heavy atom. The first kappa shape index (κ1) is 20.4. The number of hydrogen-bond acceptors (Lipinski definition) is 2. The first-order chi connectivity index (χ1) is 11.6. The van der Waals surface area contributed by atoms with Gasteiger partial charge in [-0.1, -0.05) is 67.8 Å². The summed E-state index contributed by atoms with van der Waals surface area (Å²) < 4.78 is 0. The number of unbranched alkanes of at least 4 members (excludes halogenated alkanes) is 4. The molecular weight excluding hydrogens is 324 g/mol. The zero-order chi connectivity index (χ0) is 17.8. The predicted octanol–water partition coefficient (Wildman–Crippen LogP) is 5.57. The van der Waals surface area contributed by atoms with Gasteiger partial charge in [0.15, 0.2) is 0 Å². The van der Waals surface area contributed by atoms with Crippen LogP contribution in [0.2, 0.25) is 0 Å². The number of carboxylic acid groups (broad SMARTS) is 1. The Morgan fingerprint density at radius 1 is 1.21 bits per heavy atom. The zero-order valence-corrected chi connectivity index (χ0v) is 15.1. The molecule has 132 valence electrons. The molecule has 0 amide bonds. The highest BCUT2D eigenvalue weighted by Crippen LogP contribution is 2.31. The molecule has 4 heteroatoms. The van der Waals surface area contributed by atoms with Gasteiger partial charge in [-0.05, 0) is 32.1 Å². The fourth-order valence-electron chi connectivity index (χ4n) is 2.55. The molecule has 0 saturated carbocycles. The van der Waals surface area contributed by atoms with E-state index in [1.165, 1.54) is 19.3 Å². The highest BCUT2D eigenvalue weighted by Gasteiger charge is 2.27. The van der Waals surface area contributed by atoms with Crippen molar-refractivity contribution in [1.29, 1.82) is 0 Å². The minimum atomic E-state index is -0.783. The molecule has 0 aromatic heterocycles. The highest BCUT2D eigenvalue weighted by atomic mass is 35.5. The second-order valence-electron chi connectivity index (χ2n) is 5.99. The van der Waals surface area contributed by atoms with Gasteiger partial charge in [-0.2, -0.15) is 0 Å². The molecule has 0 saturated heterocycles. The molecule has 1 rings (SSSR count). The average Bonchev–Trinajstić information content (AvgIpc) is 2.81. The standard InChI is InChI=1S/C20H27ClO3/c1-2-3-4-5-6-9-12-16-15-18(21)20(24)17(16)13-10-7-8-11-14-19(22)23/h6-7,9-10,13,15-16H,2-5,8,11-12,14H2,1H3,(H,22,23). The monoisotopic (exact) mass is 350 g/mol. The molecule has 0 bridgehead atoms. The maximum atomic E-state index is 12.1. The van der Waals surface area contributed by atoms with Crippen LogP contribution in [-0.4, -0.2) is 16.9 Å². The molecule has 0 heterocycles. The third-order valence-corrected chi connectivity index (χ3v) is 4.23. The zero-order valence-electron chi connectivity index (χ0n) is 14.3. The number of aliphatic carboxylic acids is 1. The van der Waals surface area contributed by atoms with Crippen LogP contribution in [-0.2, 0) is 9.59 Å². The molecule has 3 nitrogen and oxygen atoms in total. The van der Waals surface area contributed by atoms with Gasteiger partial charge in [-0.3, -0.25) is 9.59 Å². The first-order valence-electron chi connectivity index (χ1n) is 8.71. The smallest absolute Gasteiger partial charge is 0.303 e. The van der Waals surface area contributed by atoms with Crippen LogP contribution in [0.25, 0.3) is 0 Å². The van der Waals surface area contributed by atoms with E-state index in [9.17, 15) is 9.59 Å². The maximum absolute atomic E-state index is 12.1. The van der Waals surface area contributed by atoms with E-state index in [0.29, 0.717) is 23.4 Å². The molecular formula is C20H27ClO3. The summed E-state index contributed by atoms with van der Waals surface area (Å²) in [5.41, 5.74) is 0.715. The Morgan fingerprint density at radius 2 is 1.96 bits per heavy atom. The summed E-state index contributed by atoms with van der Waals surface area (Å²) in [7, 11) is 0. The number of ketones is 1. The summed E-state index contributed by atoms with van der Waals surface area (Å²) in [6.45, 7) is 2.19. The Bertz CT molecular complexity index is 541. The normalized spacial score (nSPS) is 19.8. The van der Waals surface area contributed by atoms with Gasteiger partial charge in [0.1, 0.15) is 0 Å². The van der Waals surface area contributed by atoms with Gasteiger partial charge in [0.25, 0.3) is 0 Å². The molecule has 0 fully saturated rings. The van der Waals surface area contributed by atoms with Crippen LogP contribution < -0.4 is 0 Å². The van der Waals surface area contributed by atoms with Crippen LogP contribution in [0, 0.1) is 5.92 Å². The van der Waals surface area contributed by atoms with Crippen LogP contribution in [0.15, 0.2) is 47.1 Å². The summed E-state index contributed by atoms with van der Waals surface area (Å²) in [6, 6.07) is 0. The van der Waals surface area contributed by atoms with Crippen molar-refractivity contribution in [2.45, 2.75) is 58.3 Å². The number of carbonyl (C=O) groups excluding carboxylic acids is 1. The fraction of sp³-hybridized carbons (Fsp3) is 0.500. The van der Waals surface area contributed by atoms with Crippen molar-refractivity contribution in [1.82, 2.24) is 0 Å². The molecule has 0 aliphatic heterocycles. The van der Waals surface area contributed by atoms with Gasteiger partial charge in [0, 0.05) is 17.9 Å². The van der Waals surface area contributed by atoms with Crippen LogP contribution in [0.4, 0.5) is 0 Å². The number of halogens is 1. The fourth-order valence-corrected chi connectivity index (χ4v) is 2.82. The summed E-state index contributed by atoms with van der Waals surface area (Å²) in [4.78, 5) is 22.5. The van der Waals surface area contributed by atoms with Gasteiger partial charge >= 0.3 is 5.97 Å². The minimum absolute atomic E-state index is 0.0381. The SMILES string of the molecule is CCCCCC=CCC1C=C(Cl)C(=O)C1=CC=CCCCC(=O)O. The van der Waals surface area contributed by atoms with Gasteiger partial charge < -0.3 is 5.11 Å². The molecule has 1 aliphatic rings. The minimum Gasteiger partial charge on any atom is -0.481 e. The second kappa shape index (κ2) is 11.9. The Hall–Kier alpha value is -1.61. The highest BCUT2D eigenvalue weighted by molar-refractivity contribution is 6.46. The first-order valence-corrected chi connectivity index (χ1v) is 9.09. The maximum Gasteiger partial charge on any atom is 0.303 e. The topological polar surface area (TPSA) is 54.4 Å². The molecule has 0 spiro atoms. The number of rotatable bonds is 11. The quantitative estimate of drug-likeness (QED) is 0.301. The molecule has 0 aromatic carbocycles. The van der Waals surface area contributed by atoms with E-state index in [-0.39, 0.29) is 18.1 Å². The van der Waals surface area contributed by atoms with E-state index < -0.39 is 5.97 Å². The van der Waals surface area contributed by atoms with Crippen LogP contribution in [0.1, 0.15) is 58.3 Å². The van der Waals surface area contributed by atoms with Crippen molar-refractivity contribution in [2.75, 3.05) is 0 Å². The number of hydrogen-bond donors (Lipinski definition) is 1. The lowest BCUT2D eigenvalue weighted by atomic mass is 9.97. The van der Waals surface area contributed by atoms with Gasteiger partial charge in [0.05, 0.1) is 5.03 Å². The van der Waals surface area contributed by atoms with E-state index in [0.717, 1.165) is 12.8 Å². The summed E-state index contributed by atoms with van der Waals surface area (Å²) in [6.07, 6.45) is 18.7. The molecule has 1 N–H and O–H groups in total. The van der Waals surface area contributed by atoms with Gasteiger partial charge in [-0.25, -0.2) is 0 Å². The van der Waals surface area contributed by atoms with E-state index in [4.69, 9.17) is 16.7 Å². The third-order valence-electron chi connectivity index (χ3n) is 3.93. The van der Waals surface area contributed by atoms with Crippen molar-refractivity contribution < 1.29 is 14.7 Å². The van der Waals surface area contributed by atoms with Crippen molar-refractivity contribution >= 4 is 23.4 Å². The molecule has 1 unspecified atom stereocenters.